The molecule has 128 valence electrons. The lowest BCUT2D eigenvalue weighted by Gasteiger charge is -2.14. The Morgan fingerprint density at radius 2 is 2.25 bits per heavy atom. The molecule has 3 rings (SSSR count). The molecule has 1 aromatic carbocycles. The van der Waals surface area contributed by atoms with Crippen LogP contribution in [0.3, 0.4) is 0 Å². The molecule has 2 heterocycles. The van der Waals surface area contributed by atoms with Crippen molar-refractivity contribution in [2.45, 2.75) is 39.3 Å². The molecule has 2 aromatic rings. The number of carbonyl (C=O) groups is 1. The van der Waals surface area contributed by atoms with E-state index in [0.29, 0.717) is 18.7 Å². The van der Waals surface area contributed by atoms with Crippen LogP contribution in [0.1, 0.15) is 42.6 Å². The van der Waals surface area contributed by atoms with Crippen LogP contribution in [0.5, 0.6) is 0 Å². The highest BCUT2D eigenvalue weighted by Gasteiger charge is 2.31. The zero-order valence-corrected chi connectivity index (χ0v) is 14.2. The van der Waals surface area contributed by atoms with Gasteiger partial charge in [-0.3, -0.25) is 4.79 Å². The average molecular weight is 328 g/mol. The van der Waals surface area contributed by atoms with Crippen molar-refractivity contribution in [3.05, 3.63) is 48.0 Å². The van der Waals surface area contributed by atoms with Gasteiger partial charge in [-0.1, -0.05) is 32.0 Å². The van der Waals surface area contributed by atoms with Gasteiger partial charge in [0.25, 0.3) is 5.91 Å². The summed E-state index contributed by atoms with van der Waals surface area (Å²) >= 11 is 0. The third-order valence-corrected chi connectivity index (χ3v) is 4.30. The Morgan fingerprint density at radius 1 is 1.42 bits per heavy atom. The Balaban J connectivity index is 1.55. The standard InChI is InChI=1S/C18H24N4O2/c1-18(2)9-15(24-11-18)7-8-20-17(23)16-6-4-3-5-14(16)10-22-13-19-12-21-22/h3-6,12-13,15H,7-11H2,1-2H3,(H,20,23). The Kier molecular flexibility index (Phi) is 4.94. The van der Waals surface area contributed by atoms with Gasteiger partial charge in [0.15, 0.2) is 0 Å². The molecule has 0 spiro atoms. The lowest BCUT2D eigenvalue weighted by molar-refractivity contribution is 0.0873. The fourth-order valence-corrected chi connectivity index (χ4v) is 3.07. The summed E-state index contributed by atoms with van der Waals surface area (Å²) in [5.41, 5.74) is 1.86. The van der Waals surface area contributed by atoms with Crippen LogP contribution in [0.15, 0.2) is 36.9 Å². The van der Waals surface area contributed by atoms with Crippen LogP contribution in [-0.4, -0.2) is 39.9 Å². The van der Waals surface area contributed by atoms with E-state index in [0.717, 1.165) is 25.0 Å². The fourth-order valence-electron chi connectivity index (χ4n) is 3.07. The number of rotatable bonds is 6. The van der Waals surface area contributed by atoms with Gasteiger partial charge in [0.05, 0.1) is 19.3 Å². The summed E-state index contributed by atoms with van der Waals surface area (Å²) in [6, 6.07) is 7.59. The van der Waals surface area contributed by atoms with Crippen LogP contribution < -0.4 is 5.32 Å². The van der Waals surface area contributed by atoms with Gasteiger partial charge in [-0.05, 0) is 29.9 Å². The summed E-state index contributed by atoms with van der Waals surface area (Å²) in [6.07, 6.45) is 5.27. The monoisotopic (exact) mass is 328 g/mol. The zero-order valence-electron chi connectivity index (χ0n) is 14.2. The quantitative estimate of drug-likeness (QED) is 0.883. The minimum absolute atomic E-state index is 0.0528. The second-order valence-corrected chi connectivity index (χ2v) is 7.10. The van der Waals surface area contributed by atoms with Crippen molar-refractivity contribution in [2.24, 2.45) is 5.41 Å². The van der Waals surface area contributed by atoms with Gasteiger partial charge in [0.2, 0.25) is 0 Å². The second-order valence-electron chi connectivity index (χ2n) is 7.10. The maximum atomic E-state index is 12.5. The number of hydrogen-bond donors (Lipinski definition) is 1. The van der Waals surface area contributed by atoms with Crippen molar-refractivity contribution in [3.8, 4) is 0 Å². The number of hydrogen-bond acceptors (Lipinski definition) is 4. The third-order valence-electron chi connectivity index (χ3n) is 4.30. The van der Waals surface area contributed by atoms with Gasteiger partial charge in [0, 0.05) is 12.1 Å². The first-order valence-corrected chi connectivity index (χ1v) is 8.34. The van der Waals surface area contributed by atoms with Gasteiger partial charge < -0.3 is 10.1 Å². The topological polar surface area (TPSA) is 69.0 Å². The van der Waals surface area contributed by atoms with E-state index in [1.807, 2.05) is 24.3 Å². The normalized spacial score (nSPS) is 19.3. The van der Waals surface area contributed by atoms with Gasteiger partial charge in [-0.15, -0.1) is 0 Å². The van der Waals surface area contributed by atoms with E-state index in [9.17, 15) is 4.79 Å². The number of ether oxygens (including phenoxy) is 1. The molecule has 1 unspecified atom stereocenters. The Bertz CT molecular complexity index is 682. The summed E-state index contributed by atoms with van der Waals surface area (Å²) in [4.78, 5) is 16.4. The largest absolute Gasteiger partial charge is 0.378 e. The van der Waals surface area contributed by atoms with Crippen LogP contribution in [0.2, 0.25) is 0 Å². The Hall–Kier alpha value is -2.21. The highest BCUT2D eigenvalue weighted by Crippen LogP contribution is 2.32. The van der Waals surface area contributed by atoms with Gasteiger partial charge in [0.1, 0.15) is 12.7 Å². The number of benzene rings is 1. The minimum atomic E-state index is -0.0528. The first kappa shape index (κ1) is 16.6. The molecule has 6 nitrogen and oxygen atoms in total. The number of aromatic nitrogens is 3. The van der Waals surface area contributed by atoms with E-state index in [2.05, 4.69) is 29.2 Å². The van der Waals surface area contributed by atoms with E-state index in [1.165, 1.54) is 6.33 Å². The maximum Gasteiger partial charge on any atom is 0.251 e. The van der Waals surface area contributed by atoms with Crippen molar-refractivity contribution >= 4 is 5.91 Å². The van der Waals surface area contributed by atoms with E-state index in [4.69, 9.17) is 4.74 Å². The lowest BCUT2D eigenvalue weighted by Crippen LogP contribution is -2.28. The molecule has 0 radical (unpaired) electrons. The van der Waals surface area contributed by atoms with Gasteiger partial charge in [-0.25, -0.2) is 9.67 Å². The van der Waals surface area contributed by atoms with E-state index in [1.54, 1.807) is 11.0 Å². The third kappa shape index (κ3) is 4.20. The zero-order chi connectivity index (χ0) is 17.0. The average Bonchev–Trinajstić information content (AvgIpc) is 3.17. The van der Waals surface area contributed by atoms with Crippen LogP contribution in [0.25, 0.3) is 0 Å². The SMILES string of the molecule is CC1(C)COC(CCNC(=O)c2ccccc2Cn2cncn2)C1. The summed E-state index contributed by atoms with van der Waals surface area (Å²) < 4.78 is 7.49. The first-order valence-electron chi connectivity index (χ1n) is 8.34. The highest BCUT2D eigenvalue weighted by atomic mass is 16.5. The number of amides is 1. The molecule has 0 aliphatic carbocycles. The Morgan fingerprint density at radius 3 is 2.96 bits per heavy atom. The molecule has 1 atom stereocenters. The van der Waals surface area contributed by atoms with Gasteiger partial charge in [-0.2, -0.15) is 5.10 Å². The Labute approximate surface area is 142 Å². The molecule has 0 saturated carbocycles. The lowest BCUT2D eigenvalue weighted by atomic mass is 9.90. The molecular formula is C18H24N4O2. The van der Waals surface area contributed by atoms with Gasteiger partial charge >= 0.3 is 0 Å². The van der Waals surface area contributed by atoms with Crippen molar-refractivity contribution in [2.75, 3.05) is 13.2 Å². The number of nitrogens with one attached hydrogen (secondary N) is 1. The molecule has 1 fully saturated rings. The van der Waals surface area contributed by atoms with Crippen molar-refractivity contribution in [1.82, 2.24) is 20.1 Å². The smallest absolute Gasteiger partial charge is 0.251 e. The van der Waals surface area contributed by atoms with Crippen molar-refractivity contribution in [3.63, 3.8) is 0 Å². The summed E-state index contributed by atoms with van der Waals surface area (Å²) in [5, 5.41) is 7.11. The molecule has 1 aromatic heterocycles. The predicted molar refractivity (Wildman–Crippen MR) is 90.7 cm³/mol. The van der Waals surface area contributed by atoms with Crippen molar-refractivity contribution in [1.29, 1.82) is 0 Å². The van der Waals surface area contributed by atoms with E-state index >= 15 is 0 Å². The molecule has 24 heavy (non-hydrogen) atoms. The summed E-state index contributed by atoms with van der Waals surface area (Å²) in [6.45, 7) is 6.38. The molecule has 1 N–H and O–H groups in total. The summed E-state index contributed by atoms with van der Waals surface area (Å²) in [7, 11) is 0. The molecular weight excluding hydrogens is 304 g/mol. The van der Waals surface area contributed by atoms with E-state index < -0.39 is 0 Å². The van der Waals surface area contributed by atoms with Crippen LogP contribution in [0, 0.1) is 5.41 Å². The van der Waals surface area contributed by atoms with Crippen molar-refractivity contribution < 1.29 is 9.53 Å². The highest BCUT2D eigenvalue weighted by molar-refractivity contribution is 5.95. The summed E-state index contributed by atoms with van der Waals surface area (Å²) in [5.74, 6) is -0.0528. The second kappa shape index (κ2) is 7.13. The van der Waals surface area contributed by atoms with Crippen LogP contribution in [0.4, 0.5) is 0 Å². The maximum absolute atomic E-state index is 12.5. The van der Waals surface area contributed by atoms with Crippen LogP contribution >= 0.6 is 0 Å². The molecule has 1 saturated heterocycles. The molecule has 1 aliphatic rings. The molecule has 6 heteroatoms. The molecule has 0 bridgehead atoms. The first-order chi connectivity index (χ1) is 11.5. The fraction of sp³-hybridized carbons (Fsp3) is 0.500. The predicted octanol–water partition coefficient (Wildman–Crippen LogP) is 2.26. The van der Waals surface area contributed by atoms with E-state index in [-0.39, 0.29) is 17.4 Å². The minimum Gasteiger partial charge on any atom is -0.378 e. The number of carbonyl (C=O) groups excluding carboxylic acids is 1. The molecule has 1 aliphatic heterocycles. The van der Waals surface area contributed by atoms with Crippen LogP contribution in [-0.2, 0) is 11.3 Å². The number of nitrogens with zero attached hydrogens (tertiary/aromatic N) is 3. The molecule has 1 amide bonds.